The van der Waals surface area contributed by atoms with Gasteiger partial charge >= 0.3 is 6.18 Å². The summed E-state index contributed by atoms with van der Waals surface area (Å²) >= 11 is 0. The first-order chi connectivity index (χ1) is 19.5. The molecular weight excluding hydrogens is 554 g/mol. The fourth-order valence-electron chi connectivity index (χ4n) is 5.36. The number of imidazole rings is 1. The van der Waals surface area contributed by atoms with Crippen molar-refractivity contribution in [2.75, 3.05) is 18.0 Å². The van der Waals surface area contributed by atoms with E-state index in [-0.39, 0.29) is 61.0 Å². The Morgan fingerprint density at radius 2 is 1.73 bits per heavy atom. The standard InChI is InChI=1S/C27H20F6N6O2/c28-18-4-2-16(10-17(18)27(31,32)33)39-22(21-12-34-13-35-21)11-20(36-39)26(41)37-7-5-15(6-8-37)38-23(40)9-14-1-3-19(29)24(30)25(14)38/h1-4,10-13,15H,5-9H2,(H,34,35). The number of amides is 2. The number of nitrogens with zero attached hydrogens (tertiary/aromatic N) is 5. The van der Waals surface area contributed by atoms with Gasteiger partial charge in [-0.05, 0) is 48.7 Å². The van der Waals surface area contributed by atoms with E-state index in [4.69, 9.17) is 0 Å². The molecule has 212 valence electrons. The molecular formula is C27H20F6N6O2. The van der Waals surface area contributed by atoms with Gasteiger partial charge in [0.1, 0.15) is 5.82 Å². The quantitative estimate of drug-likeness (QED) is 0.352. The molecule has 0 atom stereocenters. The number of halogens is 6. The third kappa shape index (κ3) is 4.62. The molecule has 4 aromatic rings. The van der Waals surface area contributed by atoms with Crippen molar-refractivity contribution < 1.29 is 35.9 Å². The highest BCUT2D eigenvalue weighted by atomic mass is 19.4. The molecule has 0 aliphatic carbocycles. The Balaban J connectivity index is 1.26. The number of carbonyl (C=O) groups excluding carboxylic acids is 2. The predicted molar refractivity (Wildman–Crippen MR) is 133 cm³/mol. The van der Waals surface area contributed by atoms with E-state index in [2.05, 4.69) is 15.1 Å². The minimum atomic E-state index is -4.95. The van der Waals surface area contributed by atoms with E-state index in [0.29, 0.717) is 23.4 Å². The molecule has 6 rings (SSSR count). The molecule has 2 aliphatic heterocycles. The number of aromatic amines is 1. The van der Waals surface area contributed by atoms with Gasteiger partial charge in [-0.1, -0.05) is 6.07 Å². The van der Waals surface area contributed by atoms with Crippen LogP contribution in [0.15, 0.2) is 48.9 Å². The number of benzene rings is 2. The average Bonchev–Trinajstić information content (AvgIpc) is 3.69. The normalized spacial score (nSPS) is 16.0. The molecule has 8 nitrogen and oxygen atoms in total. The van der Waals surface area contributed by atoms with Crippen LogP contribution in [0.4, 0.5) is 32.0 Å². The van der Waals surface area contributed by atoms with Crippen molar-refractivity contribution >= 4 is 17.5 Å². The molecule has 1 saturated heterocycles. The van der Waals surface area contributed by atoms with Crippen LogP contribution in [0.25, 0.3) is 17.1 Å². The zero-order chi connectivity index (χ0) is 29.1. The van der Waals surface area contributed by atoms with Gasteiger partial charge in [0, 0.05) is 19.1 Å². The van der Waals surface area contributed by atoms with Crippen molar-refractivity contribution in [2.45, 2.75) is 31.5 Å². The van der Waals surface area contributed by atoms with Gasteiger partial charge in [0.25, 0.3) is 5.91 Å². The summed E-state index contributed by atoms with van der Waals surface area (Å²) in [6.45, 7) is 0.334. The van der Waals surface area contributed by atoms with Crippen LogP contribution < -0.4 is 4.90 Å². The summed E-state index contributed by atoms with van der Waals surface area (Å²) in [6.07, 6.45) is -1.68. The Hall–Kier alpha value is -4.62. The largest absolute Gasteiger partial charge is 0.419 e. The fourth-order valence-corrected chi connectivity index (χ4v) is 5.36. The zero-order valence-corrected chi connectivity index (χ0v) is 21.1. The number of fused-ring (bicyclic) bond motifs is 1. The van der Waals surface area contributed by atoms with Crippen LogP contribution in [0.3, 0.4) is 0 Å². The number of aromatic nitrogens is 4. The molecule has 2 aliphatic rings. The molecule has 14 heteroatoms. The van der Waals surface area contributed by atoms with Crippen molar-refractivity contribution in [2.24, 2.45) is 0 Å². The minimum absolute atomic E-state index is 0.0427. The van der Waals surface area contributed by atoms with E-state index >= 15 is 0 Å². The van der Waals surface area contributed by atoms with Crippen LogP contribution in [-0.2, 0) is 17.4 Å². The van der Waals surface area contributed by atoms with Gasteiger partial charge in [-0.25, -0.2) is 22.8 Å². The van der Waals surface area contributed by atoms with E-state index in [1.54, 1.807) is 0 Å². The van der Waals surface area contributed by atoms with E-state index in [9.17, 15) is 35.9 Å². The van der Waals surface area contributed by atoms with Crippen molar-refractivity contribution in [1.29, 1.82) is 0 Å². The average molecular weight is 574 g/mol. The molecule has 1 fully saturated rings. The van der Waals surface area contributed by atoms with Crippen molar-refractivity contribution in [3.63, 3.8) is 0 Å². The van der Waals surface area contributed by atoms with Crippen LogP contribution in [0.5, 0.6) is 0 Å². The van der Waals surface area contributed by atoms with Gasteiger partial charge in [-0.2, -0.15) is 18.3 Å². The Kier molecular flexibility index (Phi) is 6.35. The van der Waals surface area contributed by atoms with Gasteiger partial charge in [-0.3, -0.25) is 9.59 Å². The number of nitrogens with one attached hydrogen (secondary N) is 1. The highest BCUT2D eigenvalue weighted by Crippen LogP contribution is 2.37. The van der Waals surface area contributed by atoms with Crippen molar-refractivity contribution in [3.8, 4) is 17.1 Å². The second-order valence-corrected chi connectivity index (χ2v) is 9.79. The zero-order valence-electron chi connectivity index (χ0n) is 21.1. The summed E-state index contributed by atoms with van der Waals surface area (Å²) in [5.74, 6) is -4.46. The van der Waals surface area contributed by atoms with E-state index in [1.165, 1.54) is 34.5 Å². The molecule has 0 saturated carbocycles. The van der Waals surface area contributed by atoms with Crippen LogP contribution >= 0.6 is 0 Å². The van der Waals surface area contributed by atoms with Crippen molar-refractivity contribution in [1.82, 2.24) is 24.6 Å². The van der Waals surface area contributed by atoms with Gasteiger partial charge in [0.2, 0.25) is 5.91 Å². The molecule has 2 aromatic heterocycles. The van der Waals surface area contributed by atoms with Gasteiger partial charge in [-0.15, -0.1) is 0 Å². The molecule has 2 aromatic carbocycles. The number of carbonyl (C=O) groups is 2. The maximum Gasteiger partial charge on any atom is 0.419 e. The summed E-state index contributed by atoms with van der Waals surface area (Å²) in [7, 11) is 0. The van der Waals surface area contributed by atoms with E-state index < -0.39 is 41.1 Å². The van der Waals surface area contributed by atoms with Crippen molar-refractivity contribution in [3.05, 3.63) is 83.2 Å². The topological polar surface area (TPSA) is 87.1 Å². The maximum absolute atomic E-state index is 14.6. The van der Waals surface area contributed by atoms with E-state index in [1.807, 2.05) is 0 Å². The Bertz CT molecular complexity index is 1660. The molecule has 0 spiro atoms. The first-order valence-electron chi connectivity index (χ1n) is 12.6. The fraction of sp³-hybridized carbons (Fsp3) is 0.259. The van der Waals surface area contributed by atoms with Crippen LogP contribution in [-0.4, -0.2) is 55.6 Å². The smallest absolute Gasteiger partial charge is 0.343 e. The predicted octanol–water partition coefficient (Wildman–Crippen LogP) is 4.89. The molecule has 1 N–H and O–H groups in total. The van der Waals surface area contributed by atoms with Crippen LogP contribution in [0.1, 0.15) is 34.5 Å². The maximum atomic E-state index is 14.6. The summed E-state index contributed by atoms with van der Waals surface area (Å²) < 4.78 is 83.6. The molecule has 0 radical (unpaired) electrons. The minimum Gasteiger partial charge on any atom is -0.343 e. The second-order valence-electron chi connectivity index (χ2n) is 9.79. The Morgan fingerprint density at radius 3 is 2.41 bits per heavy atom. The third-order valence-electron chi connectivity index (χ3n) is 7.32. The number of likely N-dealkylation sites (tertiary alicyclic amines) is 1. The number of alkyl halides is 3. The lowest BCUT2D eigenvalue weighted by Gasteiger charge is -2.36. The first kappa shape index (κ1) is 26.6. The Morgan fingerprint density at radius 1 is 1.00 bits per heavy atom. The van der Waals surface area contributed by atoms with Crippen LogP contribution in [0, 0.1) is 17.5 Å². The number of rotatable bonds is 4. The molecule has 4 heterocycles. The number of hydrogen-bond donors (Lipinski definition) is 1. The Labute approximate surface area is 228 Å². The summed E-state index contributed by atoms with van der Waals surface area (Å²) in [4.78, 5) is 35.6. The lowest BCUT2D eigenvalue weighted by molar-refractivity contribution is -0.140. The summed E-state index contributed by atoms with van der Waals surface area (Å²) in [6, 6.07) is 5.70. The third-order valence-corrected chi connectivity index (χ3v) is 7.32. The monoisotopic (exact) mass is 574 g/mol. The van der Waals surface area contributed by atoms with Gasteiger partial charge in [0.15, 0.2) is 17.3 Å². The van der Waals surface area contributed by atoms with Gasteiger partial charge < -0.3 is 14.8 Å². The number of piperidine rings is 1. The number of hydrogen-bond acceptors (Lipinski definition) is 4. The second kappa shape index (κ2) is 9.78. The summed E-state index contributed by atoms with van der Waals surface area (Å²) in [5.41, 5.74) is -0.779. The van der Waals surface area contributed by atoms with Gasteiger partial charge in [0.05, 0.1) is 47.3 Å². The number of anilines is 1. The lowest BCUT2D eigenvalue weighted by atomic mass is 10.0. The SMILES string of the molecule is O=C(c1cc(-c2cnc[nH]2)n(-c2ccc(F)c(C(F)(F)F)c2)n1)N1CCC(N2C(=O)Cc3ccc(F)c(F)c32)CC1. The molecule has 0 unspecified atom stereocenters. The molecule has 2 amide bonds. The van der Waals surface area contributed by atoms with Crippen LogP contribution in [0.2, 0.25) is 0 Å². The highest BCUT2D eigenvalue weighted by Gasteiger charge is 2.39. The molecule has 0 bridgehead atoms. The van der Waals surface area contributed by atoms with E-state index in [0.717, 1.165) is 16.8 Å². The highest BCUT2D eigenvalue weighted by molar-refractivity contribution is 6.02. The number of H-pyrrole nitrogens is 1. The summed E-state index contributed by atoms with van der Waals surface area (Å²) in [5, 5.41) is 4.26. The molecule has 41 heavy (non-hydrogen) atoms. The lowest BCUT2D eigenvalue weighted by Crippen LogP contribution is -2.48. The first-order valence-corrected chi connectivity index (χ1v) is 12.6.